The molecule has 0 amide bonds. The lowest BCUT2D eigenvalue weighted by molar-refractivity contribution is -0.142. The van der Waals surface area contributed by atoms with Crippen molar-refractivity contribution in [2.45, 2.75) is 19.3 Å². The van der Waals surface area contributed by atoms with Crippen molar-refractivity contribution in [1.29, 1.82) is 0 Å². The fraction of sp³-hybridized carbons (Fsp3) is 0.467. The molecule has 108 valence electrons. The van der Waals surface area contributed by atoms with Crippen molar-refractivity contribution in [3.63, 3.8) is 0 Å². The predicted octanol–water partition coefficient (Wildman–Crippen LogP) is 2.39. The van der Waals surface area contributed by atoms with E-state index in [1.807, 2.05) is 0 Å². The van der Waals surface area contributed by atoms with E-state index in [1.54, 1.807) is 18.2 Å². The van der Waals surface area contributed by atoms with E-state index in [1.165, 1.54) is 14.2 Å². The number of benzene rings is 1. The molecular weight excluding hydrogens is 260 g/mol. The summed E-state index contributed by atoms with van der Waals surface area (Å²) in [4.78, 5) is 23.6. The highest BCUT2D eigenvalue weighted by Crippen LogP contribution is 2.36. The first-order valence-corrected chi connectivity index (χ1v) is 6.57. The molecule has 0 heterocycles. The summed E-state index contributed by atoms with van der Waals surface area (Å²) in [7, 11) is 3.03. The Morgan fingerprint density at radius 3 is 2.35 bits per heavy atom. The number of hydrogen-bond donors (Lipinski definition) is 1. The molecule has 2 rings (SSSR count). The van der Waals surface area contributed by atoms with Gasteiger partial charge in [-0.15, -0.1) is 0 Å². The number of carbonyl (C=O) groups is 2. The van der Waals surface area contributed by atoms with Crippen LogP contribution < -0.4 is 9.47 Å². The number of ketones is 1. The molecule has 1 saturated carbocycles. The zero-order valence-electron chi connectivity index (χ0n) is 11.6. The Morgan fingerprint density at radius 1 is 1.10 bits per heavy atom. The molecule has 0 saturated heterocycles. The molecule has 1 N–H and O–H groups in total. The number of ether oxygens (including phenoxy) is 2. The molecule has 0 spiro atoms. The second kappa shape index (κ2) is 5.94. The number of Topliss-reactive ketones (excluding diaryl/α,β-unsaturated/α-hetero) is 1. The van der Waals surface area contributed by atoms with E-state index in [2.05, 4.69) is 0 Å². The van der Waals surface area contributed by atoms with Crippen LogP contribution in [0.2, 0.25) is 0 Å². The van der Waals surface area contributed by atoms with Crippen molar-refractivity contribution < 1.29 is 24.2 Å². The molecule has 1 aliphatic rings. The number of aliphatic carboxylic acids is 1. The summed E-state index contributed by atoms with van der Waals surface area (Å²) in [6.07, 6.45) is 1.98. The highest BCUT2D eigenvalue weighted by Gasteiger charge is 2.38. The van der Waals surface area contributed by atoms with Gasteiger partial charge >= 0.3 is 5.97 Å². The van der Waals surface area contributed by atoms with Crippen LogP contribution >= 0.6 is 0 Å². The Morgan fingerprint density at radius 2 is 1.75 bits per heavy atom. The molecule has 5 heteroatoms. The molecule has 2 atom stereocenters. The van der Waals surface area contributed by atoms with Gasteiger partial charge in [0, 0.05) is 11.5 Å². The quantitative estimate of drug-likeness (QED) is 0.837. The van der Waals surface area contributed by atoms with Gasteiger partial charge in [0.25, 0.3) is 0 Å². The van der Waals surface area contributed by atoms with Gasteiger partial charge in [-0.25, -0.2) is 0 Å². The highest BCUT2D eigenvalue weighted by atomic mass is 16.5. The van der Waals surface area contributed by atoms with Gasteiger partial charge in [-0.3, -0.25) is 9.59 Å². The van der Waals surface area contributed by atoms with Crippen LogP contribution in [0, 0.1) is 11.8 Å². The zero-order valence-corrected chi connectivity index (χ0v) is 11.6. The molecule has 0 bridgehead atoms. The average Bonchev–Trinajstić information content (AvgIpc) is 2.95. The Labute approximate surface area is 117 Å². The van der Waals surface area contributed by atoms with Gasteiger partial charge in [0.05, 0.1) is 20.1 Å². The molecule has 20 heavy (non-hydrogen) atoms. The van der Waals surface area contributed by atoms with Crippen molar-refractivity contribution in [2.75, 3.05) is 14.2 Å². The maximum absolute atomic E-state index is 12.5. The SMILES string of the molecule is COc1ccc(C(=O)C2CCCC2C(=O)O)cc1OC. The monoisotopic (exact) mass is 278 g/mol. The van der Waals surface area contributed by atoms with E-state index < -0.39 is 17.8 Å². The summed E-state index contributed by atoms with van der Waals surface area (Å²) in [5.41, 5.74) is 0.473. The van der Waals surface area contributed by atoms with Crippen LogP contribution in [0.4, 0.5) is 0 Å². The van der Waals surface area contributed by atoms with Crippen molar-refractivity contribution in [2.24, 2.45) is 11.8 Å². The molecule has 1 aromatic carbocycles. The molecule has 1 aliphatic carbocycles. The number of methoxy groups -OCH3 is 2. The predicted molar refractivity (Wildman–Crippen MR) is 72.3 cm³/mol. The number of hydrogen-bond acceptors (Lipinski definition) is 4. The minimum atomic E-state index is -0.888. The lowest BCUT2D eigenvalue weighted by atomic mass is 9.88. The van der Waals surface area contributed by atoms with E-state index in [4.69, 9.17) is 14.6 Å². The van der Waals surface area contributed by atoms with Gasteiger partial charge < -0.3 is 14.6 Å². The van der Waals surface area contributed by atoms with Crippen molar-refractivity contribution in [1.82, 2.24) is 0 Å². The molecule has 0 aromatic heterocycles. The molecule has 1 aromatic rings. The first-order valence-electron chi connectivity index (χ1n) is 6.57. The minimum Gasteiger partial charge on any atom is -0.493 e. The average molecular weight is 278 g/mol. The van der Waals surface area contributed by atoms with Crippen LogP contribution in [0.15, 0.2) is 18.2 Å². The Bertz CT molecular complexity index is 523. The fourth-order valence-corrected chi connectivity index (χ4v) is 2.77. The lowest BCUT2D eigenvalue weighted by Crippen LogP contribution is -2.25. The maximum atomic E-state index is 12.5. The number of carboxylic acids is 1. The number of rotatable bonds is 5. The van der Waals surface area contributed by atoms with Gasteiger partial charge in [-0.05, 0) is 31.0 Å². The van der Waals surface area contributed by atoms with E-state index in [-0.39, 0.29) is 5.78 Å². The standard InChI is InChI=1S/C15H18O5/c1-19-12-7-6-9(8-13(12)20-2)14(16)10-4-3-5-11(10)15(17)18/h6-8,10-11H,3-5H2,1-2H3,(H,17,18). The van der Waals surface area contributed by atoms with Crippen molar-refractivity contribution in [3.8, 4) is 11.5 Å². The third kappa shape index (κ3) is 2.61. The second-order valence-corrected chi connectivity index (χ2v) is 4.92. The largest absolute Gasteiger partial charge is 0.493 e. The summed E-state index contributed by atoms with van der Waals surface area (Å²) in [5, 5.41) is 9.17. The first-order chi connectivity index (χ1) is 9.58. The maximum Gasteiger partial charge on any atom is 0.307 e. The van der Waals surface area contributed by atoms with Crippen molar-refractivity contribution >= 4 is 11.8 Å². The topological polar surface area (TPSA) is 72.8 Å². The summed E-state index contributed by atoms with van der Waals surface area (Å²) in [5.74, 6) is -1.01. The van der Waals surface area contributed by atoms with Crippen molar-refractivity contribution in [3.05, 3.63) is 23.8 Å². The van der Waals surface area contributed by atoms with Gasteiger partial charge in [0.1, 0.15) is 0 Å². The van der Waals surface area contributed by atoms with E-state index in [0.29, 0.717) is 29.9 Å². The molecule has 2 unspecified atom stereocenters. The summed E-state index contributed by atoms with van der Waals surface area (Å²) >= 11 is 0. The lowest BCUT2D eigenvalue weighted by Gasteiger charge is -2.15. The summed E-state index contributed by atoms with van der Waals surface area (Å²) < 4.78 is 10.3. The highest BCUT2D eigenvalue weighted by molar-refractivity contribution is 6.00. The zero-order chi connectivity index (χ0) is 14.7. The normalized spacial score (nSPS) is 21.5. The van der Waals surface area contributed by atoms with Crippen LogP contribution in [0.5, 0.6) is 11.5 Å². The van der Waals surface area contributed by atoms with Crippen LogP contribution in [0.25, 0.3) is 0 Å². The smallest absolute Gasteiger partial charge is 0.307 e. The molecular formula is C15H18O5. The van der Waals surface area contributed by atoms with Crippen LogP contribution in [-0.4, -0.2) is 31.1 Å². The number of carbonyl (C=O) groups excluding carboxylic acids is 1. The Hall–Kier alpha value is -2.04. The Balaban J connectivity index is 2.27. The summed E-state index contributed by atoms with van der Waals surface area (Å²) in [6, 6.07) is 4.93. The van der Waals surface area contributed by atoms with E-state index in [0.717, 1.165) is 6.42 Å². The molecule has 5 nitrogen and oxygen atoms in total. The fourth-order valence-electron chi connectivity index (χ4n) is 2.77. The van der Waals surface area contributed by atoms with Crippen LogP contribution in [0.3, 0.4) is 0 Å². The minimum absolute atomic E-state index is 0.129. The summed E-state index contributed by atoms with van der Waals surface area (Å²) in [6.45, 7) is 0. The molecule has 0 aliphatic heterocycles. The second-order valence-electron chi connectivity index (χ2n) is 4.92. The Kier molecular flexibility index (Phi) is 4.27. The first kappa shape index (κ1) is 14.4. The van der Waals surface area contributed by atoms with E-state index >= 15 is 0 Å². The van der Waals surface area contributed by atoms with Gasteiger partial charge in [-0.2, -0.15) is 0 Å². The third-order valence-electron chi connectivity index (χ3n) is 3.84. The van der Waals surface area contributed by atoms with Gasteiger partial charge in [0.2, 0.25) is 0 Å². The third-order valence-corrected chi connectivity index (χ3v) is 3.84. The van der Waals surface area contributed by atoms with Gasteiger partial charge in [0.15, 0.2) is 17.3 Å². The van der Waals surface area contributed by atoms with Crippen LogP contribution in [0.1, 0.15) is 29.6 Å². The van der Waals surface area contributed by atoms with E-state index in [9.17, 15) is 9.59 Å². The molecule has 1 fully saturated rings. The van der Waals surface area contributed by atoms with Crippen LogP contribution in [-0.2, 0) is 4.79 Å². The molecule has 0 radical (unpaired) electrons. The van der Waals surface area contributed by atoms with Gasteiger partial charge in [-0.1, -0.05) is 6.42 Å². The number of carboxylic acid groups (broad SMARTS) is 1.